The van der Waals surface area contributed by atoms with E-state index in [1.165, 1.54) is 12.1 Å². The molecule has 0 heterocycles. The third kappa shape index (κ3) is 5.89. The van der Waals surface area contributed by atoms with Gasteiger partial charge in [0.2, 0.25) is 0 Å². The van der Waals surface area contributed by atoms with Crippen LogP contribution in [-0.2, 0) is 10.0 Å². The number of sulfonamides is 1. The van der Waals surface area contributed by atoms with Crippen LogP contribution in [0.5, 0.6) is 0 Å². The second kappa shape index (κ2) is 9.71. The van der Waals surface area contributed by atoms with Gasteiger partial charge < -0.3 is 10.0 Å². The number of nitrogens with one attached hydrogen (secondary N) is 1. The van der Waals surface area contributed by atoms with Gasteiger partial charge in [-0.05, 0) is 54.7 Å². The molecule has 0 aliphatic rings. The molecule has 0 bridgehead atoms. The summed E-state index contributed by atoms with van der Waals surface area (Å²) in [5, 5.41) is 10.1. The van der Waals surface area contributed by atoms with E-state index in [4.69, 9.17) is 11.6 Å². The lowest BCUT2D eigenvalue weighted by Crippen LogP contribution is -2.32. The first kappa shape index (κ1) is 24.0. The van der Waals surface area contributed by atoms with Crippen LogP contribution >= 0.6 is 11.6 Å². The van der Waals surface area contributed by atoms with E-state index in [0.29, 0.717) is 41.2 Å². The molecule has 0 fully saturated rings. The molecular weight excluding hydrogens is 424 g/mol. The van der Waals surface area contributed by atoms with E-state index in [0.717, 1.165) is 0 Å². The van der Waals surface area contributed by atoms with Crippen LogP contribution in [0.1, 0.15) is 43.6 Å². The van der Waals surface area contributed by atoms with Crippen molar-refractivity contribution < 1.29 is 18.3 Å². The smallest absolute Gasteiger partial charge is 0.337 e. The molecule has 2 aromatic rings. The summed E-state index contributed by atoms with van der Waals surface area (Å²) < 4.78 is 28.2. The summed E-state index contributed by atoms with van der Waals surface area (Å²) in [4.78, 5) is 14.1. The molecule has 0 spiro atoms. The van der Waals surface area contributed by atoms with Crippen molar-refractivity contribution in [3.05, 3.63) is 52.5 Å². The van der Waals surface area contributed by atoms with Crippen molar-refractivity contribution in [2.45, 2.75) is 39.5 Å². The Labute approximate surface area is 183 Å². The molecule has 0 amide bonds. The fourth-order valence-corrected chi connectivity index (χ4v) is 4.84. The molecule has 0 aromatic heterocycles. The molecule has 0 aliphatic carbocycles. The summed E-state index contributed by atoms with van der Waals surface area (Å²) in [6.07, 6.45) is 0. The highest BCUT2D eigenvalue weighted by molar-refractivity contribution is 7.92. The maximum atomic E-state index is 12.8. The number of halogens is 1. The minimum atomic E-state index is -3.92. The second-order valence-corrected chi connectivity index (χ2v) is 10.3. The van der Waals surface area contributed by atoms with E-state index in [-0.39, 0.29) is 16.1 Å². The summed E-state index contributed by atoms with van der Waals surface area (Å²) in [6.45, 7) is 11.3. The minimum Gasteiger partial charge on any atom is -0.478 e. The molecule has 0 saturated carbocycles. The van der Waals surface area contributed by atoms with Gasteiger partial charge in [0.15, 0.2) is 0 Å². The molecule has 0 unspecified atom stereocenters. The number of carboxylic acid groups (broad SMARTS) is 1. The van der Waals surface area contributed by atoms with Crippen LogP contribution in [0.15, 0.2) is 41.3 Å². The quantitative estimate of drug-likeness (QED) is 0.541. The van der Waals surface area contributed by atoms with Crippen LogP contribution in [0, 0.1) is 18.8 Å². The first-order chi connectivity index (χ1) is 13.9. The predicted molar refractivity (Wildman–Crippen MR) is 122 cm³/mol. The molecule has 6 nitrogen and oxygen atoms in total. The summed E-state index contributed by atoms with van der Waals surface area (Å²) in [5.41, 5.74) is 1.25. The van der Waals surface area contributed by atoms with Crippen molar-refractivity contribution in [3.63, 3.8) is 0 Å². The van der Waals surface area contributed by atoms with Crippen LogP contribution in [0.25, 0.3) is 0 Å². The number of anilines is 2. The highest BCUT2D eigenvalue weighted by Crippen LogP contribution is 2.29. The minimum absolute atomic E-state index is 0.0530. The largest absolute Gasteiger partial charge is 0.478 e. The lowest BCUT2D eigenvalue weighted by molar-refractivity contribution is 0.0697. The standard InChI is InChI=1S/C22H29ClN2O4S/c1-14(2)12-25(13-15(3)4)20-10-9-17(11-18(20)22(26)27)24-30(28,29)21-8-6-7-19(23)16(21)5/h6-11,14-15,24H,12-13H2,1-5H3,(H,26,27). The van der Waals surface area contributed by atoms with Crippen molar-refractivity contribution in [1.82, 2.24) is 0 Å². The Kier molecular flexibility index (Phi) is 7.77. The average Bonchev–Trinajstić information content (AvgIpc) is 2.62. The summed E-state index contributed by atoms with van der Waals surface area (Å²) >= 11 is 6.05. The number of carboxylic acids is 1. The fourth-order valence-electron chi connectivity index (χ4n) is 3.29. The first-order valence-electron chi connectivity index (χ1n) is 9.82. The molecule has 0 saturated heterocycles. The summed E-state index contributed by atoms with van der Waals surface area (Å²) in [7, 11) is -3.92. The summed E-state index contributed by atoms with van der Waals surface area (Å²) in [6, 6.07) is 9.26. The molecule has 2 rings (SSSR count). The number of benzene rings is 2. The van der Waals surface area contributed by atoms with E-state index < -0.39 is 16.0 Å². The van der Waals surface area contributed by atoms with Crippen LogP contribution in [0.4, 0.5) is 11.4 Å². The molecule has 30 heavy (non-hydrogen) atoms. The van der Waals surface area contributed by atoms with E-state index >= 15 is 0 Å². The topological polar surface area (TPSA) is 86.7 Å². The van der Waals surface area contributed by atoms with Gasteiger partial charge in [0.1, 0.15) is 0 Å². The number of rotatable bonds is 9. The SMILES string of the molecule is Cc1c(Cl)cccc1S(=O)(=O)Nc1ccc(N(CC(C)C)CC(C)C)c(C(=O)O)c1. The van der Waals surface area contributed by atoms with Crippen LogP contribution in [0.2, 0.25) is 5.02 Å². The Hall–Kier alpha value is -2.25. The molecule has 164 valence electrons. The van der Waals surface area contributed by atoms with Crippen LogP contribution in [-0.4, -0.2) is 32.6 Å². The van der Waals surface area contributed by atoms with Gasteiger partial charge in [-0.2, -0.15) is 0 Å². The van der Waals surface area contributed by atoms with Gasteiger partial charge in [0.25, 0.3) is 10.0 Å². The maximum absolute atomic E-state index is 12.8. The highest BCUT2D eigenvalue weighted by Gasteiger charge is 2.22. The molecule has 8 heteroatoms. The van der Waals surface area contributed by atoms with Gasteiger partial charge in [-0.25, -0.2) is 13.2 Å². The van der Waals surface area contributed by atoms with Gasteiger partial charge in [-0.1, -0.05) is 45.4 Å². The van der Waals surface area contributed by atoms with Crippen molar-refractivity contribution in [2.24, 2.45) is 11.8 Å². The number of aromatic carboxylic acids is 1. The molecule has 2 N–H and O–H groups in total. The zero-order valence-corrected chi connectivity index (χ0v) is 19.5. The monoisotopic (exact) mass is 452 g/mol. The van der Waals surface area contributed by atoms with E-state index in [9.17, 15) is 18.3 Å². The normalized spacial score (nSPS) is 11.7. The van der Waals surface area contributed by atoms with E-state index in [1.54, 1.807) is 31.2 Å². The van der Waals surface area contributed by atoms with Gasteiger partial charge >= 0.3 is 5.97 Å². The Bertz CT molecular complexity index is 1010. The number of nitrogens with zero attached hydrogens (tertiary/aromatic N) is 1. The zero-order chi connectivity index (χ0) is 22.6. The maximum Gasteiger partial charge on any atom is 0.337 e. The Morgan fingerprint density at radius 2 is 1.70 bits per heavy atom. The Morgan fingerprint density at radius 3 is 2.23 bits per heavy atom. The lowest BCUT2D eigenvalue weighted by atomic mass is 10.1. The zero-order valence-electron chi connectivity index (χ0n) is 17.9. The van der Waals surface area contributed by atoms with E-state index in [1.807, 2.05) is 4.90 Å². The Balaban J connectivity index is 2.45. The molecule has 2 aromatic carbocycles. The highest BCUT2D eigenvalue weighted by atomic mass is 35.5. The van der Waals surface area contributed by atoms with Crippen LogP contribution < -0.4 is 9.62 Å². The van der Waals surface area contributed by atoms with Crippen molar-refractivity contribution in [3.8, 4) is 0 Å². The third-order valence-corrected chi connectivity index (χ3v) is 6.43. The van der Waals surface area contributed by atoms with Gasteiger partial charge in [0.05, 0.1) is 16.1 Å². The van der Waals surface area contributed by atoms with Crippen LogP contribution in [0.3, 0.4) is 0 Å². The lowest BCUT2D eigenvalue weighted by Gasteiger charge is -2.30. The predicted octanol–water partition coefficient (Wildman–Crippen LogP) is 5.27. The number of hydrogen-bond acceptors (Lipinski definition) is 4. The summed E-state index contributed by atoms with van der Waals surface area (Å²) in [5.74, 6) is -0.425. The van der Waals surface area contributed by atoms with Crippen molar-refractivity contribution in [2.75, 3.05) is 22.7 Å². The van der Waals surface area contributed by atoms with E-state index in [2.05, 4.69) is 32.4 Å². The first-order valence-corrected chi connectivity index (χ1v) is 11.7. The number of hydrogen-bond donors (Lipinski definition) is 2. The molecular formula is C22H29ClN2O4S. The second-order valence-electron chi connectivity index (χ2n) is 8.20. The fraction of sp³-hybridized carbons (Fsp3) is 0.409. The number of carbonyl (C=O) groups is 1. The molecule has 0 radical (unpaired) electrons. The molecule has 0 aliphatic heterocycles. The van der Waals surface area contributed by atoms with Gasteiger partial charge in [-0.15, -0.1) is 0 Å². The molecule has 0 atom stereocenters. The van der Waals surface area contributed by atoms with Crippen molar-refractivity contribution in [1.29, 1.82) is 0 Å². The Morgan fingerprint density at radius 1 is 1.10 bits per heavy atom. The van der Waals surface area contributed by atoms with Gasteiger partial charge in [-0.3, -0.25) is 4.72 Å². The van der Waals surface area contributed by atoms with Gasteiger partial charge in [0, 0.05) is 23.8 Å². The third-order valence-electron chi connectivity index (χ3n) is 4.50. The average molecular weight is 453 g/mol. The van der Waals surface area contributed by atoms with Crippen molar-refractivity contribution >= 4 is 39.0 Å².